The number of rotatable bonds is 4. The van der Waals surface area contributed by atoms with Crippen LogP contribution in [0.25, 0.3) is 5.70 Å². The number of benzene rings is 1. The van der Waals surface area contributed by atoms with Gasteiger partial charge in [-0.25, -0.2) is 4.79 Å². The zero-order valence-electron chi connectivity index (χ0n) is 10.4. The topological polar surface area (TPSA) is 56.8 Å². The van der Waals surface area contributed by atoms with Gasteiger partial charge in [-0.3, -0.25) is 0 Å². The average molecular weight is 249 g/mol. The highest BCUT2D eigenvalue weighted by atomic mass is 16.7. The molecule has 0 amide bonds. The van der Waals surface area contributed by atoms with Crippen LogP contribution in [0.3, 0.4) is 0 Å². The smallest absolute Gasteiger partial charge is 0.327 e. The Morgan fingerprint density at radius 3 is 2.89 bits per heavy atom. The van der Waals surface area contributed by atoms with E-state index < -0.39 is 6.04 Å². The van der Waals surface area contributed by atoms with Gasteiger partial charge in [-0.1, -0.05) is 6.58 Å². The first-order chi connectivity index (χ1) is 8.61. The zero-order valence-corrected chi connectivity index (χ0v) is 10.4. The Morgan fingerprint density at radius 1 is 1.44 bits per heavy atom. The first-order valence-corrected chi connectivity index (χ1v) is 5.55. The maximum Gasteiger partial charge on any atom is 0.327 e. The Bertz CT molecular complexity index is 484. The van der Waals surface area contributed by atoms with Crippen LogP contribution in [0.2, 0.25) is 0 Å². The van der Waals surface area contributed by atoms with Crippen molar-refractivity contribution in [2.24, 2.45) is 0 Å². The second-order valence-corrected chi connectivity index (χ2v) is 3.94. The van der Waals surface area contributed by atoms with E-state index in [-0.39, 0.29) is 12.8 Å². The fourth-order valence-corrected chi connectivity index (χ4v) is 1.66. The molecule has 5 heteroatoms. The van der Waals surface area contributed by atoms with Gasteiger partial charge in [0.05, 0.1) is 7.11 Å². The second kappa shape index (κ2) is 5.00. The van der Waals surface area contributed by atoms with Gasteiger partial charge in [0.1, 0.15) is 6.04 Å². The van der Waals surface area contributed by atoms with Gasteiger partial charge < -0.3 is 19.5 Å². The van der Waals surface area contributed by atoms with E-state index in [9.17, 15) is 4.79 Å². The van der Waals surface area contributed by atoms with Crippen LogP contribution in [0, 0.1) is 0 Å². The van der Waals surface area contributed by atoms with Gasteiger partial charge >= 0.3 is 5.97 Å². The summed E-state index contributed by atoms with van der Waals surface area (Å²) in [4.78, 5) is 11.3. The molecule has 1 N–H and O–H groups in total. The third-order valence-electron chi connectivity index (χ3n) is 2.67. The number of hydrogen-bond acceptors (Lipinski definition) is 5. The summed E-state index contributed by atoms with van der Waals surface area (Å²) in [6.45, 7) is 5.84. The molecule has 0 fully saturated rings. The highest BCUT2D eigenvalue weighted by molar-refractivity contribution is 5.78. The minimum atomic E-state index is -0.451. The van der Waals surface area contributed by atoms with Crippen molar-refractivity contribution in [1.82, 2.24) is 5.32 Å². The molecule has 0 saturated heterocycles. The van der Waals surface area contributed by atoms with Crippen molar-refractivity contribution in [3.05, 3.63) is 30.3 Å². The van der Waals surface area contributed by atoms with Crippen molar-refractivity contribution in [3.63, 3.8) is 0 Å². The van der Waals surface area contributed by atoms with Crippen LogP contribution >= 0.6 is 0 Å². The number of hydrogen-bond donors (Lipinski definition) is 1. The van der Waals surface area contributed by atoms with E-state index in [1.165, 1.54) is 7.11 Å². The number of fused-ring (bicyclic) bond motifs is 1. The SMILES string of the molecule is C=C(N[C@H](C)C(=O)OC)c1ccc2c(c1)OCO2. The molecule has 1 aliphatic heterocycles. The molecule has 0 radical (unpaired) electrons. The molecule has 0 bridgehead atoms. The Labute approximate surface area is 105 Å². The van der Waals surface area contributed by atoms with Crippen LogP contribution in [0.5, 0.6) is 11.5 Å². The van der Waals surface area contributed by atoms with Crippen LogP contribution in [-0.4, -0.2) is 25.9 Å². The maximum atomic E-state index is 11.3. The summed E-state index contributed by atoms with van der Waals surface area (Å²) in [5.41, 5.74) is 1.47. The van der Waals surface area contributed by atoms with Crippen molar-refractivity contribution in [1.29, 1.82) is 0 Å². The fourth-order valence-electron chi connectivity index (χ4n) is 1.66. The summed E-state index contributed by atoms with van der Waals surface area (Å²) >= 11 is 0. The van der Waals surface area contributed by atoms with Crippen LogP contribution in [-0.2, 0) is 9.53 Å². The summed E-state index contributed by atoms with van der Waals surface area (Å²) in [7, 11) is 1.35. The standard InChI is InChI=1S/C13H15NO4/c1-8(14-9(2)13(15)16-3)10-4-5-11-12(6-10)18-7-17-11/h4-6,9,14H,1,7H2,2-3H3/t9-/m1/s1. The molecule has 2 rings (SSSR count). The van der Waals surface area contributed by atoms with Gasteiger partial charge in [-0.15, -0.1) is 0 Å². The molecule has 1 atom stereocenters. The largest absolute Gasteiger partial charge is 0.467 e. The predicted molar refractivity (Wildman–Crippen MR) is 66.2 cm³/mol. The van der Waals surface area contributed by atoms with Crippen molar-refractivity contribution in [3.8, 4) is 11.5 Å². The summed E-state index contributed by atoms with van der Waals surface area (Å²) in [5, 5.41) is 2.97. The third kappa shape index (κ3) is 2.40. The molecule has 5 nitrogen and oxygen atoms in total. The molecular formula is C13H15NO4. The van der Waals surface area contributed by atoms with Crippen LogP contribution in [0.15, 0.2) is 24.8 Å². The monoisotopic (exact) mass is 249 g/mol. The highest BCUT2D eigenvalue weighted by Gasteiger charge is 2.17. The molecule has 1 heterocycles. The molecule has 0 aromatic heterocycles. The Kier molecular flexibility index (Phi) is 3.41. The van der Waals surface area contributed by atoms with Gasteiger partial charge in [0.15, 0.2) is 11.5 Å². The molecule has 96 valence electrons. The van der Waals surface area contributed by atoms with E-state index in [2.05, 4.69) is 16.6 Å². The molecule has 1 aliphatic rings. The van der Waals surface area contributed by atoms with E-state index in [0.717, 1.165) is 5.56 Å². The van der Waals surface area contributed by atoms with Gasteiger partial charge in [-0.2, -0.15) is 0 Å². The first kappa shape index (κ1) is 12.3. The molecule has 0 unspecified atom stereocenters. The molecule has 18 heavy (non-hydrogen) atoms. The minimum absolute atomic E-state index is 0.233. The lowest BCUT2D eigenvalue weighted by Crippen LogP contribution is -2.33. The van der Waals surface area contributed by atoms with E-state index in [0.29, 0.717) is 17.2 Å². The number of esters is 1. The molecule has 0 saturated carbocycles. The Balaban J connectivity index is 2.07. The molecule has 1 aromatic rings. The lowest BCUT2D eigenvalue weighted by Gasteiger charge is -2.15. The Hall–Kier alpha value is -2.17. The van der Waals surface area contributed by atoms with Crippen LogP contribution < -0.4 is 14.8 Å². The van der Waals surface area contributed by atoms with Gasteiger partial charge in [0, 0.05) is 11.3 Å². The van der Waals surface area contributed by atoms with Crippen LogP contribution in [0.4, 0.5) is 0 Å². The van der Waals surface area contributed by atoms with Gasteiger partial charge in [0.2, 0.25) is 6.79 Å². The quantitative estimate of drug-likeness (QED) is 0.820. The average Bonchev–Trinajstić information content (AvgIpc) is 2.84. The maximum absolute atomic E-state index is 11.3. The molecule has 0 aliphatic carbocycles. The van der Waals surface area contributed by atoms with E-state index in [1.54, 1.807) is 6.92 Å². The van der Waals surface area contributed by atoms with Crippen molar-refractivity contribution in [2.45, 2.75) is 13.0 Å². The fraction of sp³-hybridized carbons (Fsp3) is 0.308. The number of carbonyl (C=O) groups is 1. The van der Waals surface area contributed by atoms with Crippen LogP contribution in [0.1, 0.15) is 12.5 Å². The van der Waals surface area contributed by atoms with Gasteiger partial charge in [0.25, 0.3) is 0 Å². The van der Waals surface area contributed by atoms with E-state index in [1.807, 2.05) is 18.2 Å². The lowest BCUT2D eigenvalue weighted by atomic mass is 10.1. The summed E-state index contributed by atoms with van der Waals surface area (Å²) < 4.78 is 15.1. The number of ether oxygens (including phenoxy) is 3. The molecule has 1 aromatic carbocycles. The normalized spacial score (nSPS) is 13.9. The lowest BCUT2D eigenvalue weighted by molar-refractivity contribution is -0.142. The molecular weight excluding hydrogens is 234 g/mol. The zero-order chi connectivity index (χ0) is 13.1. The second-order valence-electron chi connectivity index (χ2n) is 3.94. The molecule has 0 spiro atoms. The van der Waals surface area contributed by atoms with Crippen molar-refractivity contribution in [2.75, 3.05) is 13.9 Å². The summed E-state index contributed by atoms with van der Waals surface area (Å²) in [6, 6.07) is 5.04. The van der Waals surface area contributed by atoms with E-state index >= 15 is 0 Å². The van der Waals surface area contributed by atoms with E-state index in [4.69, 9.17) is 9.47 Å². The van der Waals surface area contributed by atoms with Crippen molar-refractivity contribution < 1.29 is 19.0 Å². The number of methoxy groups -OCH3 is 1. The summed E-state index contributed by atoms with van der Waals surface area (Å²) in [6.07, 6.45) is 0. The minimum Gasteiger partial charge on any atom is -0.467 e. The highest BCUT2D eigenvalue weighted by Crippen LogP contribution is 2.33. The Morgan fingerprint density at radius 2 is 2.17 bits per heavy atom. The summed E-state index contributed by atoms with van der Waals surface area (Å²) in [5.74, 6) is 1.06. The van der Waals surface area contributed by atoms with Crippen molar-refractivity contribution >= 4 is 11.7 Å². The third-order valence-corrected chi connectivity index (χ3v) is 2.67. The first-order valence-electron chi connectivity index (χ1n) is 5.55. The number of nitrogens with one attached hydrogen (secondary N) is 1. The van der Waals surface area contributed by atoms with Gasteiger partial charge in [-0.05, 0) is 25.1 Å². The number of carbonyl (C=O) groups excluding carboxylic acids is 1. The predicted octanol–water partition coefficient (Wildman–Crippen LogP) is 1.54.